The highest BCUT2D eigenvalue weighted by Gasteiger charge is 2.39. The van der Waals surface area contributed by atoms with Gasteiger partial charge in [0.15, 0.2) is 0 Å². The lowest BCUT2D eigenvalue weighted by Gasteiger charge is -2.18. The lowest BCUT2D eigenvalue weighted by Crippen LogP contribution is -2.38. The van der Waals surface area contributed by atoms with E-state index in [0.29, 0.717) is 6.42 Å². The van der Waals surface area contributed by atoms with Crippen molar-refractivity contribution in [2.75, 3.05) is 0 Å². The predicted molar refractivity (Wildman–Crippen MR) is 44.7 cm³/mol. The molecule has 1 N–H and O–H groups in total. The quantitative estimate of drug-likeness (QED) is 0.380. The normalized spacial score (nSPS) is 18.8. The fourth-order valence-electron chi connectivity index (χ4n) is 1.16. The van der Waals surface area contributed by atoms with Crippen molar-refractivity contribution in [2.45, 2.75) is 19.4 Å². The Morgan fingerprint density at radius 3 is 2.54 bits per heavy atom. The molecule has 0 bridgehead atoms. The molecule has 1 fully saturated rings. The summed E-state index contributed by atoms with van der Waals surface area (Å²) < 4.78 is 0. The van der Waals surface area contributed by atoms with E-state index in [1.165, 1.54) is 0 Å². The van der Waals surface area contributed by atoms with Crippen molar-refractivity contribution in [2.24, 2.45) is 0 Å². The molecule has 1 aliphatic rings. The van der Waals surface area contributed by atoms with E-state index >= 15 is 0 Å². The van der Waals surface area contributed by atoms with Crippen LogP contribution < -0.4 is 5.32 Å². The fraction of sp³-hybridized carbons (Fsp3) is 0.375. The van der Waals surface area contributed by atoms with E-state index < -0.39 is 17.8 Å². The van der Waals surface area contributed by atoms with Crippen LogP contribution >= 0.6 is 0 Å². The number of rotatable bonds is 3. The summed E-state index contributed by atoms with van der Waals surface area (Å²) in [5.41, 5.74) is 0. The Labute approximate surface area is 75.4 Å². The number of amides is 4. The van der Waals surface area contributed by atoms with Gasteiger partial charge in [0, 0.05) is 6.04 Å². The summed E-state index contributed by atoms with van der Waals surface area (Å²) in [6, 6.07) is -0.971. The largest absolute Gasteiger partial charge is 0.331 e. The first-order chi connectivity index (χ1) is 6.07. The van der Waals surface area contributed by atoms with Gasteiger partial charge < -0.3 is 0 Å². The van der Waals surface area contributed by atoms with E-state index in [1.54, 1.807) is 13.0 Å². The molecule has 0 aromatic heterocycles. The Hall–Kier alpha value is -1.65. The van der Waals surface area contributed by atoms with Crippen molar-refractivity contribution < 1.29 is 14.4 Å². The van der Waals surface area contributed by atoms with Crippen LogP contribution in [-0.4, -0.2) is 28.8 Å². The van der Waals surface area contributed by atoms with Gasteiger partial charge in [-0.1, -0.05) is 6.08 Å². The summed E-state index contributed by atoms with van der Waals surface area (Å²) in [6.45, 7) is 5.16. The first-order valence-corrected chi connectivity index (χ1v) is 3.87. The minimum atomic E-state index is -0.860. The highest BCUT2D eigenvalue weighted by atomic mass is 16.2. The molecule has 0 aliphatic carbocycles. The molecule has 1 rings (SSSR count). The van der Waals surface area contributed by atoms with Gasteiger partial charge in [0.05, 0.1) is 0 Å². The maximum Gasteiger partial charge on any atom is 0.331 e. The van der Waals surface area contributed by atoms with Crippen LogP contribution in [0.3, 0.4) is 0 Å². The van der Waals surface area contributed by atoms with Gasteiger partial charge in [-0.3, -0.25) is 19.8 Å². The van der Waals surface area contributed by atoms with E-state index in [9.17, 15) is 14.4 Å². The van der Waals surface area contributed by atoms with E-state index in [-0.39, 0.29) is 6.04 Å². The topological polar surface area (TPSA) is 66.5 Å². The van der Waals surface area contributed by atoms with Crippen LogP contribution in [0.25, 0.3) is 0 Å². The maximum absolute atomic E-state index is 11.1. The number of carbonyl (C=O) groups excluding carboxylic acids is 3. The highest BCUT2D eigenvalue weighted by molar-refractivity contribution is 6.44. The monoisotopic (exact) mass is 182 g/mol. The second-order valence-corrected chi connectivity index (χ2v) is 2.81. The van der Waals surface area contributed by atoms with Crippen molar-refractivity contribution in [3.8, 4) is 0 Å². The third kappa shape index (κ3) is 1.58. The molecule has 1 aliphatic heterocycles. The molecule has 0 aromatic rings. The molecule has 13 heavy (non-hydrogen) atoms. The zero-order chi connectivity index (χ0) is 10.0. The van der Waals surface area contributed by atoms with Gasteiger partial charge in [-0.15, -0.1) is 6.58 Å². The highest BCUT2D eigenvalue weighted by Crippen LogP contribution is 2.09. The lowest BCUT2D eigenvalue weighted by molar-refractivity contribution is -0.140. The average Bonchev–Trinajstić information content (AvgIpc) is 2.27. The molecule has 0 radical (unpaired) electrons. The summed E-state index contributed by atoms with van der Waals surface area (Å²) in [6.07, 6.45) is 2.07. The van der Waals surface area contributed by atoms with E-state index in [0.717, 1.165) is 4.90 Å². The minimum Gasteiger partial charge on any atom is -0.269 e. The molecule has 0 aromatic carbocycles. The van der Waals surface area contributed by atoms with Crippen molar-refractivity contribution in [3.05, 3.63) is 12.7 Å². The number of hydrogen-bond acceptors (Lipinski definition) is 3. The zero-order valence-electron chi connectivity index (χ0n) is 7.24. The Balaban J connectivity index is 2.79. The number of imide groups is 2. The predicted octanol–water partition coefficient (Wildman–Crippen LogP) is 0.0294. The van der Waals surface area contributed by atoms with Gasteiger partial charge in [-0.2, -0.15) is 0 Å². The number of hydrogen-bond donors (Lipinski definition) is 1. The number of nitrogens with one attached hydrogen (secondary N) is 1. The summed E-state index contributed by atoms with van der Waals surface area (Å²) in [5, 5.41) is 1.92. The molecule has 0 spiro atoms. The number of carbonyl (C=O) groups is 3. The van der Waals surface area contributed by atoms with Crippen LogP contribution in [0.1, 0.15) is 13.3 Å². The van der Waals surface area contributed by atoms with Crippen LogP contribution in [0.5, 0.6) is 0 Å². The Kier molecular flexibility index (Phi) is 2.46. The molecular formula is C8H10N2O3. The smallest absolute Gasteiger partial charge is 0.269 e. The number of nitrogens with zero attached hydrogens (tertiary/aromatic N) is 1. The van der Waals surface area contributed by atoms with Gasteiger partial charge >= 0.3 is 17.8 Å². The molecule has 1 atom stereocenters. The van der Waals surface area contributed by atoms with Crippen molar-refractivity contribution >= 4 is 17.8 Å². The summed E-state index contributed by atoms with van der Waals surface area (Å²) >= 11 is 0. The summed E-state index contributed by atoms with van der Waals surface area (Å²) in [7, 11) is 0. The van der Waals surface area contributed by atoms with Gasteiger partial charge in [0.2, 0.25) is 0 Å². The molecule has 1 heterocycles. The first kappa shape index (κ1) is 9.44. The van der Waals surface area contributed by atoms with E-state index in [1.807, 2.05) is 5.32 Å². The second-order valence-electron chi connectivity index (χ2n) is 2.81. The summed E-state index contributed by atoms with van der Waals surface area (Å²) in [4.78, 5) is 33.8. The fourth-order valence-corrected chi connectivity index (χ4v) is 1.16. The van der Waals surface area contributed by atoms with Crippen molar-refractivity contribution in [3.63, 3.8) is 0 Å². The third-order valence-corrected chi connectivity index (χ3v) is 1.80. The van der Waals surface area contributed by atoms with E-state index in [4.69, 9.17) is 0 Å². The van der Waals surface area contributed by atoms with Crippen LogP contribution in [0.2, 0.25) is 0 Å². The zero-order valence-corrected chi connectivity index (χ0v) is 7.24. The van der Waals surface area contributed by atoms with Gasteiger partial charge in [-0.25, -0.2) is 4.79 Å². The molecule has 4 amide bonds. The molecule has 5 heteroatoms. The number of urea groups is 1. The van der Waals surface area contributed by atoms with Crippen LogP contribution in [0.15, 0.2) is 12.7 Å². The Morgan fingerprint density at radius 1 is 1.54 bits per heavy atom. The second kappa shape index (κ2) is 3.38. The minimum absolute atomic E-state index is 0.323. The van der Waals surface area contributed by atoms with Crippen LogP contribution in [0, 0.1) is 0 Å². The van der Waals surface area contributed by atoms with E-state index in [2.05, 4.69) is 6.58 Å². The van der Waals surface area contributed by atoms with Crippen LogP contribution in [0.4, 0.5) is 4.79 Å². The SMILES string of the molecule is C=CCC(C)N1C(=O)NC(=O)C1=O. The van der Waals surface area contributed by atoms with Gasteiger partial charge in [0.1, 0.15) is 0 Å². The van der Waals surface area contributed by atoms with Gasteiger partial charge in [-0.05, 0) is 13.3 Å². The lowest BCUT2D eigenvalue weighted by atomic mass is 10.2. The standard InChI is InChI=1S/C8H10N2O3/c1-3-4-5(2)10-7(12)6(11)9-8(10)13/h3,5H,1,4H2,2H3,(H,9,11,13). The van der Waals surface area contributed by atoms with Crippen molar-refractivity contribution in [1.82, 2.24) is 10.2 Å². The van der Waals surface area contributed by atoms with Gasteiger partial charge in [0.25, 0.3) is 0 Å². The molecule has 1 saturated heterocycles. The molecule has 70 valence electrons. The first-order valence-electron chi connectivity index (χ1n) is 3.87. The molecule has 1 unspecified atom stereocenters. The average molecular weight is 182 g/mol. The summed E-state index contributed by atoms with van der Waals surface area (Å²) in [5.74, 6) is -1.65. The Morgan fingerprint density at radius 2 is 2.15 bits per heavy atom. The third-order valence-electron chi connectivity index (χ3n) is 1.80. The molecular weight excluding hydrogens is 172 g/mol. The van der Waals surface area contributed by atoms with Crippen molar-refractivity contribution in [1.29, 1.82) is 0 Å². The Bertz CT molecular complexity index is 285. The maximum atomic E-state index is 11.1. The molecule has 0 saturated carbocycles. The van der Waals surface area contributed by atoms with Crippen LogP contribution in [-0.2, 0) is 9.59 Å². The molecule has 5 nitrogen and oxygen atoms in total.